The zero-order chi connectivity index (χ0) is 23.8. The summed E-state index contributed by atoms with van der Waals surface area (Å²) in [5.74, 6) is 2.77. The summed E-state index contributed by atoms with van der Waals surface area (Å²) in [6.45, 7) is 0.527. The Balaban J connectivity index is 1.35. The molecule has 0 aliphatic heterocycles. The van der Waals surface area contributed by atoms with E-state index in [1.807, 2.05) is 36.4 Å². The molecule has 1 N–H and O–H groups in total. The molecule has 0 bridgehead atoms. The third-order valence-electron chi connectivity index (χ3n) is 6.89. The molecule has 4 rings (SSSR count). The lowest BCUT2D eigenvalue weighted by molar-refractivity contribution is 0.214. The molecule has 3 aromatic rings. The molecule has 4 heteroatoms. The summed E-state index contributed by atoms with van der Waals surface area (Å²) in [6, 6.07) is 22.0. The highest BCUT2D eigenvalue weighted by atomic mass is 16.5. The molecule has 0 aromatic heterocycles. The molecule has 0 heterocycles. The van der Waals surface area contributed by atoms with Gasteiger partial charge in [0.05, 0.1) is 14.2 Å². The quantitative estimate of drug-likeness (QED) is 0.386. The maximum absolute atomic E-state index is 10.9. The lowest BCUT2D eigenvalue weighted by Crippen LogP contribution is -2.04. The Labute approximate surface area is 203 Å². The van der Waals surface area contributed by atoms with Crippen molar-refractivity contribution in [1.82, 2.24) is 0 Å². The smallest absolute Gasteiger partial charge is 0.128 e. The van der Waals surface area contributed by atoms with Crippen LogP contribution in [0.25, 0.3) is 0 Å². The normalized spacial score (nSPS) is 15.7. The predicted molar refractivity (Wildman–Crippen MR) is 136 cm³/mol. The van der Waals surface area contributed by atoms with Crippen molar-refractivity contribution < 1.29 is 19.3 Å². The average molecular weight is 461 g/mol. The number of hydrogen-bond donors (Lipinski definition) is 1. The molecule has 0 radical (unpaired) electrons. The molecule has 1 aliphatic rings. The molecule has 0 spiro atoms. The van der Waals surface area contributed by atoms with E-state index >= 15 is 0 Å². The molecule has 4 nitrogen and oxygen atoms in total. The summed E-state index contributed by atoms with van der Waals surface area (Å²) in [5, 5.41) is 10.9. The van der Waals surface area contributed by atoms with E-state index in [4.69, 9.17) is 14.2 Å². The highest BCUT2D eigenvalue weighted by Gasteiger charge is 2.17. The Bertz CT molecular complexity index is 1020. The van der Waals surface area contributed by atoms with Gasteiger partial charge in [-0.05, 0) is 59.7 Å². The van der Waals surface area contributed by atoms with Gasteiger partial charge in [0, 0.05) is 11.6 Å². The molecule has 3 aromatic carbocycles. The van der Waals surface area contributed by atoms with Crippen molar-refractivity contribution in [2.24, 2.45) is 0 Å². The first kappa shape index (κ1) is 24.2. The van der Waals surface area contributed by atoms with Crippen LogP contribution in [0.3, 0.4) is 0 Å². The lowest BCUT2D eigenvalue weighted by atomic mass is 9.86. The van der Waals surface area contributed by atoms with Crippen LogP contribution in [0, 0.1) is 0 Å². The number of aliphatic hydroxyl groups excluding tert-OH is 1. The second-order valence-corrected chi connectivity index (χ2v) is 9.15. The van der Waals surface area contributed by atoms with Crippen molar-refractivity contribution in [3.05, 3.63) is 89.0 Å². The van der Waals surface area contributed by atoms with Gasteiger partial charge in [-0.15, -0.1) is 0 Å². The molecule has 1 unspecified atom stereocenters. The van der Waals surface area contributed by atoms with Gasteiger partial charge in [0.2, 0.25) is 0 Å². The Morgan fingerprint density at radius 1 is 0.765 bits per heavy atom. The van der Waals surface area contributed by atoms with E-state index in [0.29, 0.717) is 29.6 Å². The van der Waals surface area contributed by atoms with Gasteiger partial charge in [-0.25, -0.2) is 0 Å². The average Bonchev–Trinajstić information content (AvgIpc) is 2.87. The van der Waals surface area contributed by atoms with E-state index in [2.05, 4.69) is 24.3 Å². The van der Waals surface area contributed by atoms with Crippen LogP contribution in [-0.4, -0.2) is 19.3 Å². The minimum Gasteiger partial charge on any atom is -0.497 e. The van der Waals surface area contributed by atoms with Crippen LogP contribution in [0.2, 0.25) is 0 Å². The minimum atomic E-state index is -0.796. The van der Waals surface area contributed by atoms with Crippen LogP contribution in [-0.2, 0) is 6.61 Å². The highest BCUT2D eigenvalue weighted by Crippen LogP contribution is 2.34. The Morgan fingerprint density at radius 2 is 1.41 bits per heavy atom. The van der Waals surface area contributed by atoms with E-state index in [0.717, 1.165) is 11.3 Å². The standard InChI is InChI=1S/C30H36O4/c1-32-27-18-19-28(29(20-27)33-2)30(31)25-14-16-26(17-15-25)34-21-22-10-12-24(13-11-22)23-8-6-4-3-5-7-9-23/h10-20,23,30-31H,3-9,21H2,1-2H3. The monoisotopic (exact) mass is 460 g/mol. The number of methoxy groups -OCH3 is 2. The minimum absolute atomic E-state index is 0.527. The summed E-state index contributed by atoms with van der Waals surface area (Å²) in [6.07, 6.45) is 8.70. The SMILES string of the molecule is COc1ccc(C(O)c2ccc(OCc3ccc(C4CCCCCCC4)cc3)cc2)c(OC)c1. The molecule has 1 saturated carbocycles. The molecule has 1 atom stereocenters. The fourth-order valence-corrected chi connectivity index (χ4v) is 4.81. The first-order chi connectivity index (χ1) is 16.7. The first-order valence-corrected chi connectivity index (χ1v) is 12.4. The van der Waals surface area contributed by atoms with Gasteiger partial charge >= 0.3 is 0 Å². The maximum Gasteiger partial charge on any atom is 0.128 e. The van der Waals surface area contributed by atoms with E-state index in [1.165, 1.54) is 56.1 Å². The number of hydrogen-bond acceptors (Lipinski definition) is 4. The van der Waals surface area contributed by atoms with Crippen LogP contribution in [0.5, 0.6) is 17.2 Å². The van der Waals surface area contributed by atoms with Gasteiger partial charge in [0.25, 0.3) is 0 Å². The number of rotatable bonds is 8. The summed E-state index contributed by atoms with van der Waals surface area (Å²) in [5.41, 5.74) is 4.11. The highest BCUT2D eigenvalue weighted by molar-refractivity contribution is 5.45. The van der Waals surface area contributed by atoms with E-state index < -0.39 is 6.10 Å². The second kappa shape index (κ2) is 11.9. The number of ether oxygens (including phenoxy) is 3. The van der Waals surface area contributed by atoms with Gasteiger partial charge in [0.1, 0.15) is 30.0 Å². The van der Waals surface area contributed by atoms with E-state index in [-0.39, 0.29) is 0 Å². The molecule has 0 saturated heterocycles. The Hall–Kier alpha value is -2.98. The topological polar surface area (TPSA) is 47.9 Å². The summed E-state index contributed by atoms with van der Waals surface area (Å²) in [4.78, 5) is 0. The van der Waals surface area contributed by atoms with Gasteiger partial charge in [-0.2, -0.15) is 0 Å². The van der Waals surface area contributed by atoms with Crippen LogP contribution < -0.4 is 14.2 Å². The maximum atomic E-state index is 10.9. The van der Waals surface area contributed by atoms with Crippen molar-refractivity contribution in [2.45, 2.75) is 63.6 Å². The molecular weight excluding hydrogens is 424 g/mol. The van der Waals surface area contributed by atoms with Gasteiger partial charge in [-0.1, -0.05) is 68.5 Å². The fourth-order valence-electron chi connectivity index (χ4n) is 4.81. The molecule has 1 aliphatic carbocycles. The summed E-state index contributed by atoms with van der Waals surface area (Å²) in [7, 11) is 3.20. The summed E-state index contributed by atoms with van der Waals surface area (Å²) >= 11 is 0. The second-order valence-electron chi connectivity index (χ2n) is 9.15. The van der Waals surface area contributed by atoms with Crippen LogP contribution in [0.1, 0.15) is 79.2 Å². The van der Waals surface area contributed by atoms with Gasteiger partial charge < -0.3 is 19.3 Å². The fraction of sp³-hybridized carbons (Fsp3) is 0.400. The van der Waals surface area contributed by atoms with Crippen molar-refractivity contribution in [2.75, 3.05) is 14.2 Å². The predicted octanol–water partition coefficient (Wildman–Crippen LogP) is 7.19. The van der Waals surface area contributed by atoms with Crippen LogP contribution >= 0.6 is 0 Å². The third-order valence-corrected chi connectivity index (χ3v) is 6.89. The van der Waals surface area contributed by atoms with Crippen LogP contribution in [0.15, 0.2) is 66.7 Å². The van der Waals surface area contributed by atoms with Crippen molar-refractivity contribution >= 4 is 0 Å². The zero-order valence-corrected chi connectivity index (χ0v) is 20.3. The lowest BCUT2D eigenvalue weighted by Gasteiger charge is -2.20. The number of benzene rings is 3. The third kappa shape index (κ3) is 6.12. The van der Waals surface area contributed by atoms with Crippen LogP contribution in [0.4, 0.5) is 0 Å². The number of aliphatic hydroxyl groups is 1. The summed E-state index contributed by atoms with van der Waals surface area (Å²) < 4.78 is 16.7. The molecule has 180 valence electrons. The van der Waals surface area contributed by atoms with Crippen molar-refractivity contribution in [3.63, 3.8) is 0 Å². The zero-order valence-electron chi connectivity index (χ0n) is 20.3. The Kier molecular flexibility index (Phi) is 8.48. The largest absolute Gasteiger partial charge is 0.497 e. The van der Waals surface area contributed by atoms with Gasteiger partial charge in [-0.3, -0.25) is 0 Å². The molecule has 1 fully saturated rings. The van der Waals surface area contributed by atoms with E-state index in [9.17, 15) is 5.11 Å². The van der Waals surface area contributed by atoms with Gasteiger partial charge in [0.15, 0.2) is 0 Å². The van der Waals surface area contributed by atoms with E-state index in [1.54, 1.807) is 20.3 Å². The molecule has 0 amide bonds. The Morgan fingerprint density at radius 3 is 2.06 bits per heavy atom. The molecular formula is C30H36O4. The molecule has 34 heavy (non-hydrogen) atoms. The van der Waals surface area contributed by atoms with Crippen molar-refractivity contribution in [1.29, 1.82) is 0 Å². The van der Waals surface area contributed by atoms with Crippen molar-refractivity contribution in [3.8, 4) is 17.2 Å². The first-order valence-electron chi connectivity index (χ1n) is 12.4.